The number of amides is 1. The number of guanidine groups is 1. The predicted octanol–water partition coefficient (Wildman–Crippen LogP) is 3.84. The summed E-state index contributed by atoms with van der Waals surface area (Å²) in [4.78, 5) is 14.2. The molecule has 0 bridgehead atoms. The van der Waals surface area contributed by atoms with E-state index in [2.05, 4.69) is 41.7 Å². The van der Waals surface area contributed by atoms with Crippen LogP contribution in [0.15, 0.2) is 125 Å². The van der Waals surface area contributed by atoms with Crippen molar-refractivity contribution in [2.45, 2.75) is 16.2 Å². The Morgan fingerprint density at radius 1 is 0.825 bits per heavy atom. The maximum Gasteiger partial charge on any atom is 0.239 e. The third-order valence-electron chi connectivity index (χ3n) is 6.33. The number of nitrogens with two attached hydrogens (primary N) is 2. The van der Waals surface area contributed by atoms with Crippen molar-refractivity contribution in [1.82, 2.24) is 10.2 Å². The van der Waals surface area contributed by atoms with Crippen molar-refractivity contribution in [2.24, 2.45) is 15.3 Å². The molecule has 0 fully saturated rings. The number of hydrogen-bond donors (Lipinski definition) is 3. The molecule has 1 amide bonds. The van der Waals surface area contributed by atoms with Crippen molar-refractivity contribution in [3.63, 3.8) is 0 Å². The number of hydrogen-bond acceptors (Lipinski definition) is 5. The van der Waals surface area contributed by atoms with E-state index < -0.39 is 14.8 Å². The van der Waals surface area contributed by atoms with Crippen molar-refractivity contribution >= 4 is 33.8 Å². The molecule has 0 aliphatic heterocycles. The zero-order valence-corrected chi connectivity index (χ0v) is 23.6. The third kappa shape index (κ3) is 6.90. The monoisotopic (exact) mass is 573 g/mol. The highest BCUT2D eigenvalue weighted by Crippen LogP contribution is 2.48. The van der Waals surface area contributed by atoms with Crippen LogP contribution < -0.4 is 16.2 Å². The first-order valence-corrected chi connectivity index (χ1v) is 14.8. The Hall–Kier alpha value is -4.12. The topological polar surface area (TPSA) is 131 Å². The van der Waals surface area contributed by atoms with Crippen molar-refractivity contribution in [1.29, 1.82) is 0 Å². The number of primary sulfonamides is 1. The average Bonchev–Trinajstić information content (AvgIpc) is 2.97. The van der Waals surface area contributed by atoms with E-state index in [1.54, 1.807) is 24.1 Å². The van der Waals surface area contributed by atoms with E-state index in [9.17, 15) is 13.2 Å². The van der Waals surface area contributed by atoms with Gasteiger partial charge in [-0.3, -0.25) is 4.79 Å². The standard InChI is InChI=1S/C30H31N5O3S2/c1-35(22-28(36)33-21-23-17-19-27(20-18-23)40(32,37)38)29(31)34-39-30(24-11-5-2-6-12-24,25-13-7-3-8-14-25)26-15-9-4-10-16-26/h2-20H,21-22H2,1H3,(H2,31,34)(H,33,36)(H2,32,37,38). The van der Waals surface area contributed by atoms with Crippen LogP contribution in [0.2, 0.25) is 0 Å². The Morgan fingerprint density at radius 2 is 1.27 bits per heavy atom. The Morgan fingerprint density at radius 3 is 1.70 bits per heavy atom. The molecule has 10 heteroatoms. The lowest BCUT2D eigenvalue weighted by Gasteiger charge is -2.33. The van der Waals surface area contributed by atoms with Crippen LogP contribution >= 0.6 is 11.9 Å². The largest absolute Gasteiger partial charge is 0.369 e. The van der Waals surface area contributed by atoms with Gasteiger partial charge in [-0.1, -0.05) is 103 Å². The van der Waals surface area contributed by atoms with Gasteiger partial charge in [0.1, 0.15) is 4.75 Å². The fourth-order valence-electron chi connectivity index (χ4n) is 4.21. The van der Waals surface area contributed by atoms with Gasteiger partial charge in [-0.05, 0) is 46.3 Å². The highest BCUT2D eigenvalue weighted by atomic mass is 32.2. The molecule has 0 aliphatic rings. The van der Waals surface area contributed by atoms with Crippen LogP contribution in [-0.2, 0) is 26.1 Å². The number of carbonyl (C=O) groups excluding carboxylic acids is 1. The molecule has 0 spiro atoms. The van der Waals surface area contributed by atoms with Crippen LogP contribution in [0.25, 0.3) is 0 Å². The fourth-order valence-corrected chi connectivity index (χ4v) is 5.82. The molecular weight excluding hydrogens is 542 g/mol. The van der Waals surface area contributed by atoms with Crippen LogP contribution in [0.5, 0.6) is 0 Å². The first-order chi connectivity index (χ1) is 19.2. The summed E-state index contributed by atoms with van der Waals surface area (Å²) in [6.07, 6.45) is 0. The van der Waals surface area contributed by atoms with Gasteiger partial charge in [-0.2, -0.15) is 4.40 Å². The molecule has 0 aromatic heterocycles. The number of benzene rings is 4. The second-order valence-electron chi connectivity index (χ2n) is 9.14. The summed E-state index contributed by atoms with van der Waals surface area (Å²) in [6, 6.07) is 36.4. The molecule has 4 rings (SSSR count). The number of nitrogens with zero attached hydrogens (tertiary/aromatic N) is 2. The molecule has 4 aromatic rings. The summed E-state index contributed by atoms with van der Waals surface area (Å²) < 4.78 is 26.9. The summed E-state index contributed by atoms with van der Waals surface area (Å²) in [5.41, 5.74) is 10.2. The van der Waals surface area contributed by atoms with Gasteiger partial charge in [0.25, 0.3) is 0 Å². The van der Waals surface area contributed by atoms with E-state index in [1.807, 2.05) is 54.6 Å². The van der Waals surface area contributed by atoms with E-state index in [1.165, 1.54) is 24.1 Å². The fraction of sp³-hybridized carbons (Fsp3) is 0.133. The van der Waals surface area contributed by atoms with E-state index in [0.717, 1.165) is 22.3 Å². The van der Waals surface area contributed by atoms with Crippen LogP contribution in [-0.4, -0.2) is 38.8 Å². The quantitative estimate of drug-likeness (QED) is 0.114. The highest BCUT2D eigenvalue weighted by Gasteiger charge is 2.38. The van der Waals surface area contributed by atoms with Gasteiger partial charge in [0.2, 0.25) is 21.9 Å². The average molecular weight is 574 g/mol. The molecule has 0 saturated carbocycles. The minimum Gasteiger partial charge on any atom is -0.369 e. The van der Waals surface area contributed by atoms with Crippen molar-refractivity contribution < 1.29 is 13.2 Å². The van der Waals surface area contributed by atoms with E-state index in [-0.39, 0.29) is 29.9 Å². The number of rotatable bonds is 10. The van der Waals surface area contributed by atoms with E-state index >= 15 is 0 Å². The lowest BCUT2D eigenvalue weighted by atomic mass is 9.84. The molecule has 0 radical (unpaired) electrons. The Bertz CT molecular complexity index is 1450. The molecule has 0 saturated heterocycles. The van der Waals surface area contributed by atoms with Gasteiger partial charge in [0.05, 0.1) is 11.4 Å². The van der Waals surface area contributed by atoms with Crippen LogP contribution in [0, 0.1) is 0 Å². The lowest BCUT2D eigenvalue weighted by molar-refractivity contribution is -0.121. The lowest BCUT2D eigenvalue weighted by Crippen LogP contribution is -2.41. The van der Waals surface area contributed by atoms with Gasteiger partial charge in [-0.15, -0.1) is 0 Å². The number of nitrogens with one attached hydrogen (secondary N) is 1. The molecule has 0 heterocycles. The second-order valence-corrected chi connectivity index (χ2v) is 11.7. The Labute approximate surface area is 239 Å². The normalized spacial score (nSPS) is 12.1. The zero-order valence-electron chi connectivity index (χ0n) is 22.0. The summed E-state index contributed by atoms with van der Waals surface area (Å²) in [6.45, 7) is 0.211. The van der Waals surface area contributed by atoms with Crippen molar-refractivity contribution in [2.75, 3.05) is 13.6 Å². The van der Waals surface area contributed by atoms with Gasteiger partial charge in [0, 0.05) is 13.6 Å². The Kier molecular flexibility index (Phi) is 9.26. The number of carbonyl (C=O) groups is 1. The first-order valence-electron chi connectivity index (χ1n) is 12.5. The van der Waals surface area contributed by atoms with Crippen LogP contribution in [0.3, 0.4) is 0 Å². The molecule has 8 nitrogen and oxygen atoms in total. The summed E-state index contributed by atoms with van der Waals surface area (Å²) >= 11 is 1.34. The maximum absolute atomic E-state index is 12.6. The van der Waals surface area contributed by atoms with Gasteiger partial charge >= 0.3 is 0 Å². The predicted molar refractivity (Wildman–Crippen MR) is 161 cm³/mol. The molecule has 40 heavy (non-hydrogen) atoms. The summed E-state index contributed by atoms with van der Waals surface area (Å²) in [5.74, 6) is -0.0635. The van der Waals surface area contributed by atoms with E-state index in [4.69, 9.17) is 15.3 Å². The zero-order chi connectivity index (χ0) is 28.6. The molecule has 0 aliphatic carbocycles. The van der Waals surface area contributed by atoms with Gasteiger partial charge < -0.3 is 16.0 Å². The second kappa shape index (κ2) is 12.8. The van der Waals surface area contributed by atoms with Crippen LogP contribution in [0.4, 0.5) is 0 Å². The highest BCUT2D eigenvalue weighted by molar-refractivity contribution is 7.99. The maximum atomic E-state index is 12.6. The van der Waals surface area contributed by atoms with Crippen molar-refractivity contribution in [3.05, 3.63) is 138 Å². The Balaban J connectivity index is 1.52. The third-order valence-corrected chi connectivity index (χ3v) is 8.52. The molecular formula is C30H31N5O3S2. The van der Waals surface area contributed by atoms with Gasteiger partial charge in [-0.25, -0.2) is 13.6 Å². The minimum absolute atomic E-state index is 0.0137. The molecule has 206 valence electrons. The molecule has 5 N–H and O–H groups in total. The van der Waals surface area contributed by atoms with Crippen LogP contribution in [0.1, 0.15) is 22.3 Å². The molecule has 0 unspecified atom stereocenters. The minimum atomic E-state index is -3.77. The SMILES string of the molecule is CN(CC(=O)NCc1ccc(S(N)(=O)=O)cc1)/C(N)=N/SC(c1ccccc1)(c1ccccc1)c1ccccc1. The smallest absolute Gasteiger partial charge is 0.239 e. The summed E-state index contributed by atoms with van der Waals surface area (Å²) in [7, 11) is -2.07. The number of likely N-dealkylation sites (N-methyl/N-ethyl adjacent to an activating group) is 1. The summed E-state index contributed by atoms with van der Waals surface area (Å²) in [5, 5.41) is 7.95. The number of sulfonamides is 1. The molecule has 0 atom stereocenters. The van der Waals surface area contributed by atoms with E-state index in [0.29, 0.717) is 0 Å². The molecule has 4 aromatic carbocycles. The first kappa shape index (κ1) is 28.9. The van der Waals surface area contributed by atoms with Gasteiger partial charge in [0.15, 0.2) is 0 Å². The van der Waals surface area contributed by atoms with Crippen molar-refractivity contribution in [3.8, 4) is 0 Å².